The van der Waals surface area contributed by atoms with E-state index < -0.39 is 18.0 Å². The van der Waals surface area contributed by atoms with Gasteiger partial charge in [-0.2, -0.15) is 0 Å². The highest BCUT2D eigenvalue weighted by molar-refractivity contribution is 5.69. The van der Waals surface area contributed by atoms with Gasteiger partial charge in [0.05, 0.1) is 12.9 Å². The van der Waals surface area contributed by atoms with Gasteiger partial charge >= 0.3 is 17.9 Å². The number of carbonyl (C=O) groups excluding carboxylic acids is 3. The summed E-state index contributed by atoms with van der Waals surface area (Å²) in [5, 5.41) is 0. The molecular formula is C36H50O6. The van der Waals surface area contributed by atoms with Crippen LogP contribution in [0, 0.1) is 11.8 Å². The highest BCUT2D eigenvalue weighted by Gasteiger charge is 2.18. The van der Waals surface area contributed by atoms with Gasteiger partial charge in [-0.05, 0) is 70.9 Å². The molecule has 42 heavy (non-hydrogen) atoms. The zero-order chi connectivity index (χ0) is 31.4. The number of unbranched alkanes of at least 4 members (excludes halogenated alkanes) is 1. The zero-order valence-corrected chi connectivity index (χ0v) is 26.4. The second-order valence-corrected chi connectivity index (χ2v) is 9.88. The van der Waals surface area contributed by atoms with Crippen molar-refractivity contribution in [3.05, 3.63) is 83.7 Å². The maximum atomic E-state index is 12.2. The molecule has 0 aromatic rings. The summed E-state index contributed by atoms with van der Waals surface area (Å²) in [5.74, 6) is 4.73. The number of ether oxygens (including phenoxy) is 3. The molecule has 6 nitrogen and oxygen atoms in total. The first-order valence-corrected chi connectivity index (χ1v) is 14.8. The molecule has 6 heteroatoms. The van der Waals surface area contributed by atoms with Crippen molar-refractivity contribution >= 4 is 17.9 Å². The van der Waals surface area contributed by atoms with Crippen LogP contribution in [0.25, 0.3) is 0 Å². The van der Waals surface area contributed by atoms with Gasteiger partial charge in [0.25, 0.3) is 0 Å². The fourth-order valence-electron chi connectivity index (χ4n) is 3.38. The van der Waals surface area contributed by atoms with Gasteiger partial charge in [0.15, 0.2) is 0 Å². The van der Waals surface area contributed by atoms with E-state index in [-0.39, 0.29) is 19.0 Å². The highest BCUT2D eigenvalue weighted by Crippen LogP contribution is 2.18. The molecule has 0 radical (unpaired) electrons. The maximum absolute atomic E-state index is 12.2. The van der Waals surface area contributed by atoms with Gasteiger partial charge < -0.3 is 14.2 Å². The van der Waals surface area contributed by atoms with Crippen molar-refractivity contribution in [2.45, 2.75) is 105 Å². The number of hydrogen-bond acceptors (Lipinski definition) is 6. The lowest BCUT2D eigenvalue weighted by atomic mass is 10.0. The van der Waals surface area contributed by atoms with E-state index in [1.807, 2.05) is 32.9 Å². The minimum Gasteiger partial charge on any atom is -0.465 e. The normalized spacial score (nSPS) is 12.9. The summed E-state index contributed by atoms with van der Waals surface area (Å²) < 4.78 is 16.0. The molecule has 1 atom stereocenters. The molecule has 0 aliphatic rings. The lowest BCUT2D eigenvalue weighted by Gasteiger charge is -2.19. The van der Waals surface area contributed by atoms with Crippen LogP contribution in [0.3, 0.4) is 0 Å². The number of carbonyl (C=O) groups is 3. The van der Waals surface area contributed by atoms with Crippen molar-refractivity contribution < 1.29 is 28.6 Å². The van der Waals surface area contributed by atoms with Crippen molar-refractivity contribution in [2.24, 2.45) is 0 Å². The van der Waals surface area contributed by atoms with Gasteiger partial charge in [-0.15, -0.1) is 0 Å². The Hall–Kier alpha value is -3.85. The average molecular weight is 579 g/mol. The van der Waals surface area contributed by atoms with Crippen LogP contribution in [-0.2, 0) is 28.6 Å². The standard InChI is InChI=1S/C36H50O6/c1-7-8-9-10-11-12-13-14-15-16-17-18-19-20-24-36(39)40-28-27-34(29-41-32(5)37)35(42-33(6)38)26-25-31(4)23-21-22-30(2)3/h8-9,11-12,14-15,17-18,22,25,29,35H,7,10,13,16,19-20,24,26-28H2,1-6H3. The van der Waals surface area contributed by atoms with Crippen LogP contribution >= 0.6 is 0 Å². The van der Waals surface area contributed by atoms with Gasteiger partial charge in [-0.3, -0.25) is 14.4 Å². The summed E-state index contributed by atoms with van der Waals surface area (Å²) in [5.41, 5.74) is 2.45. The van der Waals surface area contributed by atoms with E-state index >= 15 is 0 Å². The molecule has 0 saturated carbocycles. The second-order valence-electron chi connectivity index (χ2n) is 9.88. The van der Waals surface area contributed by atoms with Crippen molar-refractivity contribution in [2.75, 3.05) is 6.61 Å². The monoisotopic (exact) mass is 578 g/mol. The number of esters is 3. The fourth-order valence-corrected chi connectivity index (χ4v) is 3.38. The summed E-state index contributed by atoms with van der Waals surface area (Å²) >= 11 is 0. The first-order chi connectivity index (χ1) is 20.1. The van der Waals surface area contributed by atoms with E-state index in [1.54, 1.807) is 0 Å². The summed E-state index contributed by atoms with van der Waals surface area (Å²) in [7, 11) is 0. The fraction of sp³-hybridized carbons (Fsp3) is 0.472. The first kappa shape index (κ1) is 38.1. The lowest BCUT2D eigenvalue weighted by Crippen LogP contribution is -2.20. The average Bonchev–Trinajstić information content (AvgIpc) is 2.92. The molecule has 1 unspecified atom stereocenters. The highest BCUT2D eigenvalue weighted by atomic mass is 16.6. The topological polar surface area (TPSA) is 78.9 Å². The van der Waals surface area contributed by atoms with Crippen LogP contribution < -0.4 is 0 Å². The van der Waals surface area contributed by atoms with E-state index in [0.717, 1.165) is 43.3 Å². The third-order valence-corrected chi connectivity index (χ3v) is 5.49. The quantitative estimate of drug-likeness (QED) is 0.0381. The van der Waals surface area contributed by atoms with Gasteiger partial charge in [0, 0.05) is 38.7 Å². The lowest BCUT2D eigenvalue weighted by molar-refractivity contribution is -0.146. The Bertz CT molecular complexity index is 1080. The van der Waals surface area contributed by atoms with Crippen molar-refractivity contribution in [3.63, 3.8) is 0 Å². The Morgan fingerprint density at radius 3 is 1.98 bits per heavy atom. The Morgan fingerprint density at radius 1 is 0.786 bits per heavy atom. The van der Waals surface area contributed by atoms with Crippen molar-refractivity contribution in [3.8, 4) is 11.8 Å². The summed E-state index contributed by atoms with van der Waals surface area (Å²) in [6, 6.07) is 0. The molecule has 0 amide bonds. The van der Waals surface area contributed by atoms with E-state index in [9.17, 15) is 14.4 Å². The largest absolute Gasteiger partial charge is 0.465 e. The first-order valence-electron chi connectivity index (χ1n) is 14.8. The van der Waals surface area contributed by atoms with E-state index in [4.69, 9.17) is 14.2 Å². The van der Waals surface area contributed by atoms with E-state index in [2.05, 4.69) is 67.4 Å². The molecule has 0 bridgehead atoms. The molecule has 0 saturated heterocycles. The molecule has 0 N–H and O–H groups in total. The Labute approximate surface area is 254 Å². The molecule has 0 aliphatic heterocycles. The van der Waals surface area contributed by atoms with Crippen LogP contribution in [-0.4, -0.2) is 30.6 Å². The van der Waals surface area contributed by atoms with Crippen LogP contribution in [0.1, 0.15) is 99.3 Å². The molecule has 0 heterocycles. The van der Waals surface area contributed by atoms with Crippen molar-refractivity contribution in [1.82, 2.24) is 0 Å². The number of hydrogen-bond donors (Lipinski definition) is 0. The molecule has 0 rings (SSSR count). The van der Waals surface area contributed by atoms with E-state index in [1.165, 1.54) is 20.1 Å². The smallest absolute Gasteiger partial charge is 0.307 e. The Balaban J connectivity index is 4.72. The zero-order valence-electron chi connectivity index (χ0n) is 26.4. The van der Waals surface area contributed by atoms with Crippen LogP contribution in [0.5, 0.6) is 0 Å². The molecule has 0 aromatic carbocycles. The SMILES string of the molecule is CCC=CCC=CCC=CCC=CCCCC(=O)OCCC(=COC(C)=O)C(CC=C(C)C#CC=C(C)C)OC(C)=O. The minimum atomic E-state index is -0.682. The molecule has 0 aliphatic carbocycles. The molecule has 0 aromatic heterocycles. The van der Waals surface area contributed by atoms with Crippen LogP contribution in [0.15, 0.2) is 83.7 Å². The van der Waals surface area contributed by atoms with Crippen LogP contribution in [0.4, 0.5) is 0 Å². The Morgan fingerprint density at radius 2 is 1.40 bits per heavy atom. The predicted molar refractivity (Wildman–Crippen MR) is 171 cm³/mol. The van der Waals surface area contributed by atoms with Gasteiger partial charge in [0.2, 0.25) is 0 Å². The maximum Gasteiger partial charge on any atom is 0.307 e. The predicted octanol–water partition coefficient (Wildman–Crippen LogP) is 8.58. The molecule has 0 spiro atoms. The van der Waals surface area contributed by atoms with Crippen molar-refractivity contribution in [1.29, 1.82) is 0 Å². The molecular weight excluding hydrogens is 528 g/mol. The number of rotatable bonds is 19. The molecule has 0 fully saturated rings. The summed E-state index contributed by atoms with van der Waals surface area (Å²) in [4.78, 5) is 35.4. The third-order valence-electron chi connectivity index (χ3n) is 5.49. The van der Waals surface area contributed by atoms with Gasteiger partial charge in [0.1, 0.15) is 6.10 Å². The minimum absolute atomic E-state index is 0.0801. The summed E-state index contributed by atoms with van der Waals surface area (Å²) in [6.07, 6.45) is 27.7. The summed E-state index contributed by atoms with van der Waals surface area (Å²) in [6.45, 7) is 10.6. The third kappa shape index (κ3) is 25.1. The van der Waals surface area contributed by atoms with Gasteiger partial charge in [-0.25, -0.2) is 0 Å². The van der Waals surface area contributed by atoms with Crippen LogP contribution in [0.2, 0.25) is 0 Å². The Kier molecular flexibility index (Phi) is 23.7. The molecule has 230 valence electrons. The van der Waals surface area contributed by atoms with E-state index in [0.29, 0.717) is 24.8 Å². The van der Waals surface area contributed by atoms with Gasteiger partial charge in [-0.1, -0.05) is 79.0 Å². The number of allylic oxidation sites excluding steroid dienone is 11. The second kappa shape index (κ2) is 26.1.